The molecule has 0 saturated carbocycles. The number of carboxylic acids is 1. The lowest BCUT2D eigenvalue weighted by atomic mass is 10.0. The van der Waals surface area contributed by atoms with Crippen LogP contribution in [0.1, 0.15) is 37.4 Å². The number of carboxylic acid groups (broad SMARTS) is 1. The van der Waals surface area contributed by atoms with Crippen LogP contribution in [0.4, 0.5) is 5.69 Å². The molecule has 0 spiro atoms. The van der Waals surface area contributed by atoms with Crippen molar-refractivity contribution in [2.24, 2.45) is 0 Å². The summed E-state index contributed by atoms with van der Waals surface area (Å²) >= 11 is 0.953. The normalized spacial score (nSPS) is 10.8. The maximum atomic E-state index is 12.1. The quantitative estimate of drug-likeness (QED) is 0.469. The van der Waals surface area contributed by atoms with Gasteiger partial charge in [-0.25, -0.2) is 0 Å². The van der Waals surface area contributed by atoms with Gasteiger partial charge in [0.05, 0.1) is 5.75 Å². The van der Waals surface area contributed by atoms with Gasteiger partial charge in [0.15, 0.2) is 0 Å². The number of carbonyl (C=O) groups excluding carboxylic acids is 2. The summed E-state index contributed by atoms with van der Waals surface area (Å²) in [5.41, 5.74) is 1.11. The monoisotopic (exact) mass is 390 g/mol. The van der Waals surface area contributed by atoms with E-state index in [2.05, 4.69) is 29.4 Å². The van der Waals surface area contributed by atoms with Gasteiger partial charge in [-0.2, -0.15) is 4.68 Å². The summed E-state index contributed by atoms with van der Waals surface area (Å²) in [4.78, 5) is 34.6. The van der Waals surface area contributed by atoms with Crippen LogP contribution in [-0.2, 0) is 16.0 Å². The van der Waals surface area contributed by atoms with Gasteiger partial charge in [-0.3, -0.25) is 9.59 Å². The number of thioether (sulfide) groups is 1. The SMILES string of the molecule is CC(C)c1ccc(NC(=O)CSc2nnc(CCC(=O)[O-])c(=O)n2N)cc1. The highest BCUT2D eigenvalue weighted by atomic mass is 32.2. The highest BCUT2D eigenvalue weighted by Crippen LogP contribution is 2.18. The molecule has 2 rings (SSSR count). The number of nitrogens with two attached hydrogens (primary N) is 1. The van der Waals surface area contributed by atoms with Crippen molar-refractivity contribution in [3.05, 3.63) is 45.9 Å². The number of rotatable bonds is 8. The van der Waals surface area contributed by atoms with Crippen molar-refractivity contribution >= 4 is 29.3 Å². The van der Waals surface area contributed by atoms with Gasteiger partial charge in [0.25, 0.3) is 5.56 Å². The Morgan fingerprint density at radius 1 is 1.26 bits per heavy atom. The highest BCUT2D eigenvalue weighted by Gasteiger charge is 2.13. The molecule has 144 valence electrons. The number of nitrogen functional groups attached to an aromatic ring is 1. The lowest BCUT2D eigenvalue weighted by Crippen LogP contribution is -2.34. The summed E-state index contributed by atoms with van der Waals surface area (Å²) in [6, 6.07) is 7.54. The van der Waals surface area contributed by atoms with E-state index in [4.69, 9.17) is 5.84 Å². The average molecular weight is 390 g/mol. The minimum atomic E-state index is -1.30. The third-order valence-electron chi connectivity index (χ3n) is 3.69. The lowest BCUT2D eigenvalue weighted by molar-refractivity contribution is -0.305. The van der Waals surface area contributed by atoms with Gasteiger partial charge in [0.2, 0.25) is 11.1 Å². The molecule has 0 aliphatic rings. The zero-order valence-corrected chi connectivity index (χ0v) is 15.8. The fourth-order valence-corrected chi connectivity index (χ4v) is 2.83. The minimum absolute atomic E-state index is 0.0182. The summed E-state index contributed by atoms with van der Waals surface area (Å²) < 4.78 is 0.757. The molecule has 0 radical (unpaired) electrons. The number of benzene rings is 1. The molecule has 0 atom stereocenters. The summed E-state index contributed by atoms with van der Waals surface area (Å²) in [7, 11) is 0. The summed E-state index contributed by atoms with van der Waals surface area (Å²) in [6.07, 6.45) is -0.475. The first-order valence-electron chi connectivity index (χ1n) is 8.24. The fraction of sp³-hybridized carbons (Fsp3) is 0.353. The average Bonchev–Trinajstić information content (AvgIpc) is 2.62. The number of aromatic nitrogens is 3. The molecule has 1 amide bonds. The molecular weight excluding hydrogens is 370 g/mol. The van der Waals surface area contributed by atoms with Crippen LogP contribution in [0.5, 0.6) is 0 Å². The van der Waals surface area contributed by atoms with Crippen molar-refractivity contribution in [1.29, 1.82) is 0 Å². The maximum Gasteiger partial charge on any atom is 0.294 e. The standard InChI is InChI=1S/C17H21N5O4S/c1-10(2)11-3-5-12(6-4-11)19-14(23)9-27-17-21-20-13(7-8-15(24)25)16(26)22(17)18/h3-6,10H,7-9,18H2,1-2H3,(H,19,23)(H,24,25)/p-1. The van der Waals surface area contributed by atoms with E-state index in [0.717, 1.165) is 16.4 Å². The first kappa shape index (κ1) is 20.4. The molecular formula is C17H20N5O4S-. The van der Waals surface area contributed by atoms with Crippen LogP contribution in [0.3, 0.4) is 0 Å². The second kappa shape index (κ2) is 9.17. The van der Waals surface area contributed by atoms with Crippen molar-refractivity contribution in [1.82, 2.24) is 14.9 Å². The Labute approximate surface area is 160 Å². The largest absolute Gasteiger partial charge is 0.550 e. The highest BCUT2D eigenvalue weighted by molar-refractivity contribution is 7.99. The van der Waals surface area contributed by atoms with Crippen LogP contribution in [-0.4, -0.2) is 32.5 Å². The number of hydrogen-bond acceptors (Lipinski definition) is 8. The fourth-order valence-electron chi connectivity index (χ4n) is 2.17. The topological polar surface area (TPSA) is 143 Å². The van der Waals surface area contributed by atoms with Gasteiger partial charge in [0, 0.05) is 18.1 Å². The molecule has 1 heterocycles. The van der Waals surface area contributed by atoms with E-state index in [-0.39, 0.29) is 35.4 Å². The molecule has 0 unspecified atom stereocenters. The van der Waals surface area contributed by atoms with Crippen LogP contribution in [0.15, 0.2) is 34.2 Å². The predicted molar refractivity (Wildman–Crippen MR) is 99.7 cm³/mol. The van der Waals surface area contributed by atoms with Crippen molar-refractivity contribution in [2.45, 2.75) is 37.8 Å². The van der Waals surface area contributed by atoms with E-state index in [0.29, 0.717) is 11.6 Å². The lowest BCUT2D eigenvalue weighted by Gasteiger charge is -2.09. The molecule has 1 aromatic heterocycles. The van der Waals surface area contributed by atoms with Crippen LogP contribution in [0, 0.1) is 0 Å². The van der Waals surface area contributed by atoms with Crippen molar-refractivity contribution in [3.63, 3.8) is 0 Å². The Balaban J connectivity index is 1.95. The first-order chi connectivity index (χ1) is 12.8. The number of amides is 1. The molecule has 0 aliphatic carbocycles. The molecule has 0 aliphatic heterocycles. The van der Waals surface area contributed by atoms with Crippen molar-refractivity contribution < 1.29 is 14.7 Å². The van der Waals surface area contributed by atoms with E-state index < -0.39 is 11.5 Å². The van der Waals surface area contributed by atoms with Crippen LogP contribution in [0.25, 0.3) is 0 Å². The number of carbonyl (C=O) groups is 2. The van der Waals surface area contributed by atoms with E-state index in [1.807, 2.05) is 24.3 Å². The van der Waals surface area contributed by atoms with Gasteiger partial charge >= 0.3 is 0 Å². The Bertz CT molecular complexity index is 880. The number of hydrogen-bond donors (Lipinski definition) is 2. The zero-order chi connectivity index (χ0) is 20.0. The van der Waals surface area contributed by atoms with Gasteiger partial charge in [-0.15, -0.1) is 10.2 Å². The van der Waals surface area contributed by atoms with Crippen molar-refractivity contribution in [2.75, 3.05) is 16.9 Å². The number of nitrogens with zero attached hydrogens (tertiary/aromatic N) is 3. The second-order valence-electron chi connectivity index (χ2n) is 6.09. The summed E-state index contributed by atoms with van der Waals surface area (Å²) in [6.45, 7) is 4.17. The molecule has 2 aromatic rings. The van der Waals surface area contributed by atoms with Crippen molar-refractivity contribution in [3.8, 4) is 0 Å². The number of anilines is 1. The van der Waals surface area contributed by atoms with E-state index in [9.17, 15) is 19.5 Å². The predicted octanol–water partition coefficient (Wildman–Crippen LogP) is -0.111. The summed E-state index contributed by atoms with van der Waals surface area (Å²) in [5.74, 6) is 4.46. The van der Waals surface area contributed by atoms with E-state index >= 15 is 0 Å². The molecule has 1 aromatic carbocycles. The second-order valence-corrected chi connectivity index (χ2v) is 7.03. The van der Waals surface area contributed by atoms with Crippen LogP contribution < -0.4 is 21.8 Å². The smallest absolute Gasteiger partial charge is 0.294 e. The van der Waals surface area contributed by atoms with Gasteiger partial charge in [-0.05, 0) is 30.0 Å². The van der Waals surface area contributed by atoms with E-state index in [1.165, 1.54) is 5.56 Å². The zero-order valence-electron chi connectivity index (χ0n) is 15.0. The Morgan fingerprint density at radius 3 is 2.52 bits per heavy atom. The minimum Gasteiger partial charge on any atom is -0.550 e. The van der Waals surface area contributed by atoms with Crippen LogP contribution in [0.2, 0.25) is 0 Å². The van der Waals surface area contributed by atoms with Crippen LogP contribution >= 0.6 is 11.8 Å². The number of aryl methyl sites for hydroxylation is 1. The molecule has 0 bridgehead atoms. The molecule has 3 N–H and O–H groups in total. The molecule has 0 saturated heterocycles. The maximum absolute atomic E-state index is 12.1. The van der Waals surface area contributed by atoms with Gasteiger partial charge in [-0.1, -0.05) is 37.7 Å². The third kappa shape index (κ3) is 5.81. The van der Waals surface area contributed by atoms with Gasteiger partial charge in [0.1, 0.15) is 5.69 Å². The third-order valence-corrected chi connectivity index (χ3v) is 4.63. The molecule has 9 nitrogen and oxygen atoms in total. The van der Waals surface area contributed by atoms with E-state index in [1.54, 1.807) is 0 Å². The van der Waals surface area contributed by atoms with Gasteiger partial charge < -0.3 is 21.1 Å². The molecule has 27 heavy (non-hydrogen) atoms. The first-order valence-corrected chi connectivity index (χ1v) is 9.22. The number of nitrogens with one attached hydrogen (secondary N) is 1. The Kier molecular flexibility index (Phi) is 6.94. The number of aliphatic carboxylic acids is 1. The summed E-state index contributed by atoms with van der Waals surface area (Å²) in [5, 5.41) is 20.7. The molecule has 0 fully saturated rings. The Hall–Kier alpha value is -2.88. The Morgan fingerprint density at radius 2 is 1.93 bits per heavy atom. The molecule has 10 heteroatoms.